The molecular weight excluding hydrogens is 257 g/mol. The molecule has 2 rings (SSSR count). The minimum absolute atomic E-state index is 0.145. The van der Waals surface area contributed by atoms with Gasteiger partial charge in [-0.05, 0) is 37.5 Å². The topological polar surface area (TPSA) is 32.3 Å². The van der Waals surface area contributed by atoms with Crippen LogP contribution < -0.4 is 5.32 Å². The summed E-state index contributed by atoms with van der Waals surface area (Å²) in [7, 11) is 0. The van der Waals surface area contributed by atoms with Crippen molar-refractivity contribution in [1.82, 2.24) is 4.90 Å². The quantitative estimate of drug-likeness (QED) is 0.831. The van der Waals surface area contributed by atoms with Gasteiger partial charge >= 0.3 is 12.2 Å². The number of carbonyl (C=O) groups excluding carboxylic acids is 1. The number of nitrogens with zero attached hydrogens (tertiary/aromatic N) is 1. The summed E-state index contributed by atoms with van der Waals surface area (Å²) in [5, 5.41) is 2.51. The molecule has 0 aromatic heterocycles. The zero-order valence-electron chi connectivity index (χ0n) is 10.5. The summed E-state index contributed by atoms with van der Waals surface area (Å²) < 4.78 is 38.2. The van der Waals surface area contributed by atoms with E-state index in [0.29, 0.717) is 13.1 Å². The van der Waals surface area contributed by atoms with E-state index < -0.39 is 11.7 Å². The average Bonchev–Trinajstić information content (AvgIpc) is 2.83. The van der Waals surface area contributed by atoms with Crippen molar-refractivity contribution in [2.24, 2.45) is 0 Å². The number of amides is 2. The largest absolute Gasteiger partial charge is 0.416 e. The summed E-state index contributed by atoms with van der Waals surface area (Å²) in [5.74, 6) is 0. The van der Waals surface area contributed by atoms with Crippen LogP contribution in [0.2, 0.25) is 0 Å². The second kappa shape index (κ2) is 5.11. The first-order chi connectivity index (χ1) is 8.88. The number of aryl methyl sites for hydroxylation is 1. The Balaban J connectivity index is 2.15. The summed E-state index contributed by atoms with van der Waals surface area (Å²) in [6, 6.07) is 3.49. The molecule has 3 nitrogen and oxygen atoms in total. The van der Waals surface area contributed by atoms with E-state index in [1.165, 1.54) is 19.1 Å². The third-order valence-corrected chi connectivity index (χ3v) is 3.19. The van der Waals surface area contributed by atoms with Crippen LogP contribution in [0.1, 0.15) is 24.0 Å². The van der Waals surface area contributed by atoms with Crippen molar-refractivity contribution in [2.45, 2.75) is 25.9 Å². The Morgan fingerprint density at radius 3 is 2.47 bits per heavy atom. The van der Waals surface area contributed by atoms with Gasteiger partial charge in [-0.15, -0.1) is 0 Å². The highest BCUT2D eigenvalue weighted by atomic mass is 19.4. The van der Waals surface area contributed by atoms with Crippen molar-refractivity contribution in [1.29, 1.82) is 0 Å². The van der Waals surface area contributed by atoms with Crippen LogP contribution >= 0.6 is 0 Å². The first-order valence-corrected chi connectivity index (χ1v) is 6.12. The number of halogens is 3. The highest BCUT2D eigenvalue weighted by molar-refractivity contribution is 5.89. The van der Waals surface area contributed by atoms with Gasteiger partial charge in [0.05, 0.1) is 5.56 Å². The second-order valence-corrected chi connectivity index (χ2v) is 4.65. The Hall–Kier alpha value is -1.72. The molecule has 1 saturated heterocycles. The van der Waals surface area contributed by atoms with Gasteiger partial charge in [-0.1, -0.05) is 6.07 Å². The molecule has 1 aliphatic rings. The lowest BCUT2D eigenvalue weighted by atomic mass is 10.1. The van der Waals surface area contributed by atoms with Crippen LogP contribution in [-0.4, -0.2) is 24.0 Å². The normalized spacial score (nSPS) is 15.7. The minimum atomic E-state index is -4.40. The molecule has 0 radical (unpaired) electrons. The van der Waals surface area contributed by atoms with E-state index in [1.807, 2.05) is 0 Å². The molecule has 1 heterocycles. The lowest BCUT2D eigenvalue weighted by Crippen LogP contribution is -2.32. The molecule has 1 aromatic carbocycles. The molecule has 1 aliphatic heterocycles. The number of nitrogens with one attached hydrogen (secondary N) is 1. The van der Waals surface area contributed by atoms with E-state index in [4.69, 9.17) is 0 Å². The smallest absolute Gasteiger partial charge is 0.325 e. The Bertz CT molecular complexity index is 479. The molecule has 0 unspecified atom stereocenters. The Kier molecular flexibility index (Phi) is 3.68. The molecule has 0 aliphatic carbocycles. The molecule has 1 fully saturated rings. The maximum Gasteiger partial charge on any atom is 0.416 e. The minimum Gasteiger partial charge on any atom is -0.325 e. The van der Waals surface area contributed by atoms with Crippen LogP contribution in [-0.2, 0) is 6.18 Å². The molecular formula is C13H15F3N2O. The third kappa shape index (κ3) is 3.19. The zero-order chi connectivity index (χ0) is 14.0. The average molecular weight is 272 g/mol. The van der Waals surface area contributed by atoms with E-state index in [-0.39, 0.29) is 17.3 Å². The molecule has 0 bridgehead atoms. The van der Waals surface area contributed by atoms with Crippen LogP contribution in [0.5, 0.6) is 0 Å². The monoisotopic (exact) mass is 272 g/mol. The standard InChI is InChI=1S/C13H15F3N2O/c1-9-4-5-10(8-11(9)13(14,15)16)17-12(19)18-6-2-3-7-18/h4-5,8H,2-3,6-7H2,1H3,(H,17,19). The first-order valence-electron chi connectivity index (χ1n) is 6.12. The number of rotatable bonds is 1. The number of benzene rings is 1. The van der Waals surface area contributed by atoms with Gasteiger partial charge in [0.25, 0.3) is 0 Å². The van der Waals surface area contributed by atoms with Gasteiger partial charge in [-0.2, -0.15) is 13.2 Å². The number of hydrogen-bond acceptors (Lipinski definition) is 1. The van der Waals surface area contributed by atoms with Gasteiger partial charge in [0.15, 0.2) is 0 Å². The van der Waals surface area contributed by atoms with Gasteiger partial charge in [0, 0.05) is 18.8 Å². The molecule has 0 atom stereocenters. The number of urea groups is 1. The molecule has 0 saturated carbocycles. The molecule has 2 amide bonds. The van der Waals surface area contributed by atoms with Gasteiger partial charge in [-0.25, -0.2) is 4.79 Å². The van der Waals surface area contributed by atoms with Crippen molar-refractivity contribution < 1.29 is 18.0 Å². The lowest BCUT2D eigenvalue weighted by molar-refractivity contribution is -0.138. The molecule has 6 heteroatoms. The molecule has 19 heavy (non-hydrogen) atoms. The second-order valence-electron chi connectivity index (χ2n) is 4.65. The predicted molar refractivity (Wildman–Crippen MR) is 66.0 cm³/mol. The van der Waals surface area contributed by atoms with Crippen molar-refractivity contribution in [3.8, 4) is 0 Å². The number of likely N-dealkylation sites (tertiary alicyclic amines) is 1. The Morgan fingerprint density at radius 2 is 1.89 bits per heavy atom. The van der Waals surface area contributed by atoms with E-state index >= 15 is 0 Å². The molecule has 1 N–H and O–H groups in total. The molecule has 0 spiro atoms. The van der Waals surface area contributed by atoms with E-state index in [0.717, 1.165) is 18.9 Å². The summed E-state index contributed by atoms with van der Waals surface area (Å²) in [6.45, 7) is 2.71. The van der Waals surface area contributed by atoms with Crippen LogP contribution in [0, 0.1) is 6.92 Å². The summed E-state index contributed by atoms with van der Waals surface area (Å²) >= 11 is 0. The number of hydrogen-bond donors (Lipinski definition) is 1. The van der Waals surface area contributed by atoms with Gasteiger partial charge < -0.3 is 10.2 Å². The number of anilines is 1. The van der Waals surface area contributed by atoms with Crippen molar-refractivity contribution in [3.05, 3.63) is 29.3 Å². The Morgan fingerprint density at radius 1 is 1.26 bits per heavy atom. The van der Waals surface area contributed by atoms with Gasteiger partial charge in [-0.3, -0.25) is 0 Å². The van der Waals surface area contributed by atoms with Gasteiger partial charge in [0.2, 0.25) is 0 Å². The number of alkyl halides is 3. The Labute approximate surface area is 109 Å². The highest BCUT2D eigenvalue weighted by Gasteiger charge is 2.32. The van der Waals surface area contributed by atoms with E-state index in [1.54, 1.807) is 4.90 Å². The maximum atomic E-state index is 12.7. The summed E-state index contributed by atoms with van der Waals surface area (Å²) in [5.41, 5.74) is -0.395. The molecule has 104 valence electrons. The van der Waals surface area contributed by atoms with E-state index in [9.17, 15) is 18.0 Å². The summed E-state index contributed by atoms with van der Waals surface area (Å²) in [6.07, 6.45) is -2.53. The lowest BCUT2D eigenvalue weighted by Gasteiger charge is -2.17. The van der Waals surface area contributed by atoms with Crippen molar-refractivity contribution in [3.63, 3.8) is 0 Å². The summed E-state index contributed by atoms with van der Waals surface area (Å²) in [4.78, 5) is 13.4. The third-order valence-electron chi connectivity index (χ3n) is 3.19. The van der Waals surface area contributed by atoms with Crippen LogP contribution in [0.25, 0.3) is 0 Å². The highest BCUT2D eigenvalue weighted by Crippen LogP contribution is 2.33. The maximum absolute atomic E-state index is 12.7. The van der Waals surface area contributed by atoms with Crippen molar-refractivity contribution >= 4 is 11.7 Å². The fourth-order valence-electron chi connectivity index (χ4n) is 2.13. The fraction of sp³-hybridized carbons (Fsp3) is 0.462. The van der Waals surface area contributed by atoms with Crippen LogP contribution in [0.15, 0.2) is 18.2 Å². The van der Waals surface area contributed by atoms with Crippen LogP contribution in [0.3, 0.4) is 0 Å². The first kappa shape index (κ1) is 13.7. The van der Waals surface area contributed by atoms with Crippen molar-refractivity contribution in [2.75, 3.05) is 18.4 Å². The molecule has 1 aromatic rings. The van der Waals surface area contributed by atoms with Gasteiger partial charge in [0.1, 0.15) is 0 Å². The predicted octanol–water partition coefficient (Wildman–Crippen LogP) is 3.64. The zero-order valence-corrected chi connectivity index (χ0v) is 10.5. The fourth-order valence-corrected chi connectivity index (χ4v) is 2.13. The number of carbonyl (C=O) groups is 1. The SMILES string of the molecule is Cc1ccc(NC(=O)N2CCCC2)cc1C(F)(F)F. The van der Waals surface area contributed by atoms with E-state index in [2.05, 4.69) is 5.32 Å². The van der Waals surface area contributed by atoms with Crippen LogP contribution in [0.4, 0.5) is 23.7 Å².